The highest BCUT2D eigenvalue weighted by molar-refractivity contribution is 5.94. The van der Waals surface area contributed by atoms with E-state index >= 15 is 0 Å². The number of hydrogen-bond acceptors (Lipinski definition) is 4. The summed E-state index contributed by atoms with van der Waals surface area (Å²) in [5.74, 6) is 0.580. The summed E-state index contributed by atoms with van der Waals surface area (Å²) < 4.78 is 1.64. The highest BCUT2D eigenvalue weighted by Crippen LogP contribution is 2.10. The average molecular weight is 259 g/mol. The Labute approximate surface area is 111 Å². The Morgan fingerprint density at radius 3 is 2.74 bits per heavy atom. The fourth-order valence-corrected chi connectivity index (χ4v) is 1.53. The predicted octanol–water partition coefficient (Wildman–Crippen LogP) is 1.19. The highest BCUT2D eigenvalue weighted by Gasteiger charge is 2.17. The zero-order valence-electron chi connectivity index (χ0n) is 10.9. The van der Waals surface area contributed by atoms with Crippen LogP contribution in [0.15, 0.2) is 36.8 Å². The van der Waals surface area contributed by atoms with Crippen LogP contribution >= 0.6 is 0 Å². The minimum absolute atomic E-state index is 0.0938. The summed E-state index contributed by atoms with van der Waals surface area (Å²) >= 11 is 0. The van der Waals surface area contributed by atoms with Crippen LogP contribution < -0.4 is 11.1 Å². The molecule has 0 radical (unpaired) electrons. The number of pyridine rings is 1. The largest absolute Gasteiger partial charge is 0.323 e. The van der Waals surface area contributed by atoms with E-state index in [1.54, 1.807) is 35.4 Å². The van der Waals surface area contributed by atoms with Crippen LogP contribution in [0.4, 0.5) is 5.69 Å². The minimum atomic E-state index is -0.522. The number of nitrogens with zero attached hydrogens (tertiary/aromatic N) is 3. The molecule has 2 aromatic rings. The molecule has 1 atom stereocenters. The van der Waals surface area contributed by atoms with E-state index in [1.165, 1.54) is 0 Å². The predicted molar refractivity (Wildman–Crippen MR) is 72.8 cm³/mol. The van der Waals surface area contributed by atoms with E-state index in [-0.39, 0.29) is 11.8 Å². The van der Waals surface area contributed by atoms with Crippen molar-refractivity contribution >= 4 is 11.6 Å². The van der Waals surface area contributed by atoms with Gasteiger partial charge in [-0.05, 0) is 24.1 Å². The quantitative estimate of drug-likeness (QED) is 0.863. The summed E-state index contributed by atoms with van der Waals surface area (Å²) in [6, 6.07) is 4.85. The molecular formula is C13H17N5O. The number of carbonyl (C=O) groups is 1. The summed E-state index contributed by atoms with van der Waals surface area (Å²) in [6.07, 6.45) is 5.07. The van der Waals surface area contributed by atoms with Crippen molar-refractivity contribution in [2.24, 2.45) is 11.7 Å². The number of amides is 1. The SMILES string of the molecule is CC(C)C(N)C(=O)Nc1ccc(-n2cccn2)nc1. The van der Waals surface area contributed by atoms with Gasteiger partial charge in [0.25, 0.3) is 0 Å². The van der Waals surface area contributed by atoms with Gasteiger partial charge in [-0.15, -0.1) is 0 Å². The molecule has 100 valence electrons. The van der Waals surface area contributed by atoms with Crippen LogP contribution in [0.5, 0.6) is 0 Å². The Morgan fingerprint density at radius 2 is 2.21 bits per heavy atom. The standard InChI is InChI=1S/C13H17N5O/c1-9(2)12(14)13(19)17-10-4-5-11(15-8-10)18-7-3-6-16-18/h3-9,12H,14H2,1-2H3,(H,17,19). The number of anilines is 1. The van der Waals surface area contributed by atoms with Crippen molar-refractivity contribution in [1.29, 1.82) is 0 Å². The first kappa shape index (κ1) is 13.2. The molecule has 3 N–H and O–H groups in total. The molecule has 0 saturated heterocycles. The van der Waals surface area contributed by atoms with Crippen LogP contribution in [0.25, 0.3) is 5.82 Å². The molecule has 0 aliphatic carbocycles. The van der Waals surface area contributed by atoms with Gasteiger partial charge >= 0.3 is 0 Å². The average Bonchev–Trinajstić information content (AvgIpc) is 2.92. The molecule has 0 aliphatic rings. The van der Waals surface area contributed by atoms with E-state index in [0.29, 0.717) is 11.5 Å². The van der Waals surface area contributed by atoms with Gasteiger partial charge in [-0.1, -0.05) is 13.8 Å². The first-order valence-corrected chi connectivity index (χ1v) is 6.10. The molecule has 2 rings (SSSR count). The highest BCUT2D eigenvalue weighted by atomic mass is 16.2. The molecule has 0 bridgehead atoms. The first-order valence-electron chi connectivity index (χ1n) is 6.10. The van der Waals surface area contributed by atoms with Crippen LogP contribution in [0.2, 0.25) is 0 Å². The second kappa shape index (κ2) is 5.62. The fourth-order valence-electron chi connectivity index (χ4n) is 1.53. The monoisotopic (exact) mass is 259 g/mol. The molecule has 2 heterocycles. The van der Waals surface area contributed by atoms with E-state index in [2.05, 4.69) is 15.4 Å². The number of carbonyl (C=O) groups excluding carboxylic acids is 1. The smallest absolute Gasteiger partial charge is 0.241 e. The van der Waals surface area contributed by atoms with Gasteiger partial charge in [-0.2, -0.15) is 5.10 Å². The summed E-state index contributed by atoms with van der Waals surface area (Å²) in [5.41, 5.74) is 6.39. The number of rotatable bonds is 4. The van der Waals surface area contributed by atoms with Crippen molar-refractivity contribution in [3.05, 3.63) is 36.8 Å². The second-order valence-corrected chi connectivity index (χ2v) is 4.61. The van der Waals surface area contributed by atoms with Crippen LogP contribution in [0, 0.1) is 5.92 Å². The molecule has 0 aromatic carbocycles. The molecule has 2 aromatic heterocycles. The zero-order chi connectivity index (χ0) is 13.8. The van der Waals surface area contributed by atoms with Crippen molar-refractivity contribution < 1.29 is 4.79 Å². The third-order valence-electron chi connectivity index (χ3n) is 2.78. The lowest BCUT2D eigenvalue weighted by Gasteiger charge is -2.15. The third kappa shape index (κ3) is 3.17. The van der Waals surface area contributed by atoms with Crippen LogP contribution in [0.1, 0.15) is 13.8 Å². The maximum absolute atomic E-state index is 11.8. The molecule has 1 unspecified atom stereocenters. The van der Waals surface area contributed by atoms with E-state index in [1.807, 2.05) is 19.9 Å². The van der Waals surface area contributed by atoms with Crippen molar-refractivity contribution in [1.82, 2.24) is 14.8 Å². The van der Waals surface area contributed by atoms with Gasteiger partial charge in [0.2, 0.25) is 5.91 Å². The summed E-state index contributed by atoms with van der Waals surface area (Å²) in [6.45, 7) is 3.81. The molecule has 1 amide bonds. The van der Waals surface area contributed by atoms with E-state index < -0.39 is 6.04 Å². The normalized spacial score (nSPS) is 12.4. The van der Waals surface area contributed by atoms with Crippen molar-refractivity contribution in [3.8, 4) is 5.82 Å². The molecule has 0 aliphatic heterocycles. The number of nitrogens with one attached hydrogen (secondary N) is 1. The Bertz CT molecular complexity index is 533. The van der Waals surface area contributed by atoms with Crippen LogP contribution in [0.3, 0.4) is 0 Å². The van der Waals surface area contributed by atoms with Gasteiger partial charge in [0, 0.05) is 12.4 Å². The molecule has 6 heteroatoms. The number of aromatic nitrogens is 3. The van der Waals surface area contributed by atoms with Gasteiger partial charge in [-0.25, -0.2) is 9.67 Å². The molecule has 0 fully saturated rings. The summed E-state index contributed by atoms with van der Waals surface area (Å²) in [5, 5.41) is 6.81. The van der Waals surface area contributed by atoms with Crippen LogP contribution in [-0.2, 0) is 4.79 Å². The van der Waals surface area contributed by atoms with Crippen molar-refractivity contribution in [2.75, 3.05) is 5.32 Å². The molecule has 6 nitrogen and oxygen atoms in total. The maximum atomic E-state index is 11.8. The van der Waals surface area contributed by atoms with Crippen molar-refractivity contribution in [2.45, 2.75) is 19.9 Å². The minimum Gasteiger partial charge on any atom is -0.323 e. The van der Waals surface area contributed by atoms with E-state index in [9.17, 15) is 4.79 Å². The lowest BCUT2D eigenvalue weighted by Crippen LogP contribution is -2.39. The van der Waals surface area contributed by atoms with Gasteiger partial charge < -0.3 is 11.1 Å². The van der Waals surface area contributed by atoms with E-state index in [0.717, 1.165) is 0 Å². The summed E-state index contributed by atoms with van der Waals surface area (Å²) in [7, 11) is 0. The Kier molecular flexibility index (Phi) is 3.91. The van der Waals surface area contributed by atoms with Crippen LogP contribution in [-0.4, -0.2) is 26.7 Å². The molecule has 0 spiro atoms. The van der Waals surface area contributed by atoms with Gasteiger partial charge in [0.05, 0.1) is 17.9 Å². The maximum Gasteiger partial charge on any atom is 0.241 e. The Hall–Kier alpha value is -2.21. The third-order valence-corrected chi connectivity index (χ3v) is 2.78. The van der Waals surface area contributed by atoms with Gasteiger partial charge in [0.15, 0.2) is 5.82 Å². The second-order valence-electron chi connectivity index (χ2n) is 4.61. The number of hydrogen-bond donors (Lipinski definition) is 2. The fraction of sp³-hybridized carbons (Fsp3) is 0.308. The van der Waals surface area contributed by atoms with E-state index in [4.69, 9.17) is 5.73 Å². The van der Waals surface area contributed by atoms with Gasteiger partial charge in [0.1, 0.15) is 0 Å². The molecule has 0 saturated carbocycles. The number of nitrogens with two attached hydrogens (primary N) is 1. The topological polar surface area (TPSA) is 85.8 Å². The lowest BCUT2D eigenvalue weighted by atomic mass is 10.1. The lowest BCUT2D eigenvalue weighted by molar-refractivity contribution is -0.118. The van der Waals surface area contributed by atoms with Gasteiger partial charge in [-0.3, -0.25) is 4.79 Å². The summed E-state index contributed by atoms with van der Waals surface area (Å²) in [4.78, 5) is 16.0. The Morgan fingerprint density at radius 1 is 1.42 bits per heavy atom. The molecular weight excluding hydrogens is 242 g/mol. The first-order chi connectivity index (χ1) is 9.08. The molecule has 19 heavy (non-hydrogen) atoms. The Balaban J connectivity index is 2.05. The zero-order valence-corrected chi connectivity index (χ0v) is 10.9. The van der Waals surface area contributed by atoms with Crippen molar-refractivity contribution in [3.63, 3.8) is 0 Å².